The van der Waals surface area contributed by atoms with Crippen molar-refractivity contribution in [2.24, 2.45) is 12.5 Å². The first-order valence-corrected chi connectivity index (χ1v) is 16.2. The van der Waals surface area contributed by atoms with Crippen LogP contribution in [-0.2, 0) is 7.05 Å². The van der Waals surface area contributed by atoms with Crippen LogP contribution in [0.2, 0.25) is 5.02 Å². The molecule has 4 aromatic rings. The highest BCUT2D eigenvalue weighted by Crippen LogP contribution is 2.44. The first-order chi connectivity index (χ1) is 22.2. The van der Waals surface area contributed by atoms with Crippen LogP contribution in [0, 0.1) is 22.6 Å². The van der Waals surface area contributed by atoms with Gasteiger partial charge in [-0.15, -0.1) is 0 Å². The number of nitriles is 1. The maximum atomic E-state index is 17.0. The number of alkyl halides is 1. The Kier molecular flexibility index (Phi) is 7.11. The summed E-state index contributed by atoms with van der Waals surface area (Å²) >= 11 is 6.86. The van der Waals surface area contributed by atoms with Crippen molar-refractivity contribution < 1.29 is 13.5 Å². The number of fused-ring (bicyclic) bond motifs is 4. The summed E-state index contributed by atoms with van der Waals surface area (Å²) in [4.78, 5) is 22.4. The lowest BCUT2D eigenvalue weighted by atomic mass is 9.69. The van der Waals surface area contributed by atoms with E-state index in [0.717, 1.165) is 45.2 Å². The van der Waals surface area contributed by atoms with Gasteiger partial charge in [0.15, 0.2) is 17.2 Å². The zero-order chi connectivity index (χ0) is 31.7. The van der Waals surface area contributed by atoms with Gasteiger partial charge in [0.1, 0.15) is 23.6 Å². The third-order valence-electron chi connectivity index (χ3n) is 10.1. The minimum atomic E-state index is -0.787. The molecule has 1 aliphatic carbocycles. The fraction of sp³-hybridized carbons (Fsp3) is 0.548. The Hall–Kier alpha value is -3.93. The number of piperazine rings is 1. The SMILES string of the molecule is Cn1nc(C#N)c2c(-c3c(Cl)cc4c(N5CC6CCC(C5)N6)nc(OCC5(CN6CC[C@@H](F)C6)CCC5)nc4c3F)nc(N)nc21. The molecule has 2 bridgehead atoms. The summed E-state index contributed by atoms with van der Waals surface area (Å²) in [6, 6.07) is 4.37. The summed E-state index contributed by atoms with van der Waals surface area (Å²) in [6.07, 6.45) is 4.90. The summed E-state index contributed by atoms with van der Waals surface area (Å²) in [5.41, 5.74) is 6.25. The first-order valence-electron chi connectivity index (χ1n) is 15.8. The number of nitrogens with one attached hydrogen (secondary N) is 1. The van der Waals surface area contributed by atoms with E-state index in [4.69, 9.17) is 27.1 Å². The van der Waals surface area contributed by atoms with E-state index < -0.39 is 12.0 Å². The van der Waals surface area contributed by atoms with E-state index in [1.54, 1.807) is 13.1 Å². The van der Waals surface area contributed by atoms with Gasteiger partial charge in [0, 0.05) is 62.7 Å². The van der Waals surface area contributed by atoms with Gasteiger partial charge in [0.2, 0.25) is 5.95 Å². The lowest BCUT2D eigenvalue weighted by Gasteiger charge is -2.43. The van der Waals surface area contributed by atoms with E-state index in [2.05, 4.69) is 35.2 Å². The third-order valence-corrected chi connectivity index (χ3v) is 10.4. The highest BCUT2D eigenvalue weighted by molar-refractivity contribution is 6.34. The average Bonchev–Trinajstić information content (AvgIpc) is 3.69. The number of ether oxygens (including phenoxy) is 1. The molecule has 3 atom stereocenters. The lowest BCUT2D eigenvalue weighted by Crippen LogP contribution is -2.51. The van der Waals surface area contributed by atoms with Crippen molar-refractivity contribution in [2.45, 2.75) is 56.8 Å². The molecule has 3 aromatic heterocycles. The number of rotatable bonds is 7. The Bertz CT molecular complexity index is 1900. The fourth-order valence-electron chi connectivity index (χ4n) is 7.72. The van der Waals surface area contributed by atoms with Gasteiger partial charge in [-0.05, 0) is 38.2 Å². The minimum absolute atomic E-state index is 0.0228. The second-order valence-corrected chi connectivity index (χ2v) is 13.7. The van der Waals surface area contributed by atoms with Gasteiger partial charge in [-0.2, -0.15) is 25.3 Å². The molecule has 0 amide bonds. The number of likely N-dealkylation sites (tertiary alicyclic amines) is 1. The normalized spacial score (nSPS) is 24.1. The standard InChI is InChI=1S/C31H34ClF2N11O/c1-43-28-23(21(10-35)42-43)26(38-29(36)40-28)22-20(32)9-19-25(24(22)34)39-30(41-27(19)45-12-17-3-4-18(13-45)37-17)46-15-31(6-2-7-31)14-44-8-5-16(33)11-44/h9,16-18,37H,2-8,11-15H2,1H3,(H2,36,38,40)/t16-,17?,18?/m1/s1. The smallest absolute Gasteiger partial charge is 0.319 e. The number of nitrogen functional groups attached to an aromatic ring is 1. The number of halogens is 3. The summed E-state index contributed by atoms with van der Waals surface area (Å²) < 4.78 is 38.6. The molecule has 1 saturated carbocycles. The molecule has 3 aliphatic heterocycles. The maximum absolute atomic E-state index is 17.0. The van der Waals surface area contributed by atoms with E-state index in [1.165, 1.54) is 4.68 Å². The Balaban J connectivity index is 1.24. The van der Waals surface area contributed by atoms with Crippen LogP contribution in [0.4, 0.5) is 20.5 Å². The van der Waals surface area contributed by atoms with Gasteiger partial charge in [-0.3, -0.25) is 4.90 Å². The van der Waals surface area contributed by atoms with Crippen molar-refractivity contribution >= 4 is 45.3 Å². The van der Waals surface area contributed by atoms with Gasteiger partial charge in [0.25, 0.3) is 0 Å². The van der Waals surface area contributed by atoms with Gasteiger partial charge in [0.05, 0.1) is 28.3 Å². The summed E-state index contributed by atoms with van der Waals surface area (Å²) in [5, 5.41) is 18.4. The molecule has 15 heteroatoms. The van der Waals surface area contributed by atoms with Crippen LogP contribution in [0.1, 0.15) is 44.2 Å². The van der Waals surface area contributed by atoms with Crippen molar-refractivity contribution in [2.75, 3.05) is 50.0 Å². The Morgan fingerprint density at radius 2 is 1.93 bits per heavy atom. The predicted molar refractivity (Wildman–Crippen MR) is 169 cm³/mol. The molecule has 12 nitrogen and oxygen atoms in total. The molecule has 3 N–H and O–H groups in total. The van der Waals surface area contributed by atoms with E-state index in [1.807, 2.05) is 6.07 Å². The zero-order valence-corrected chi connectivity index (χ0v) is 26.2. The molecule has 0 radical (unpaired) electrons. The topological polar surface area (TPSA) is 147 Å². The number of aryl methyl sites for hydroxylation is 1. The molecule has 8 rings (SSSR count). The minimum Gasteiger partial charge on any atom is -0.463 e. The van der Waals surface area contributed by atoms with Gasteiger partial charge in [-0.1, -0.05) is 18.0 Å². The Morgan fingerprint density at radius 3 is 2.61 bits per heavy atom. The maximum Gasteiger partial charge on any atom is 0.319 e. The molecule has 1 aromatic carbocycles. The molecule has 6 heterocycles. The molecule has 3 saturated heterocycles. The molecule has 46 heavy (non-hydrogen) atoms. The van der Waals surface area contributed by atoms with Crippen LogP contribution in [0.3, 0.4) is 0 Å². The summed E-state index contributed by atoms with van der Waals surface area (Å²) in [6.45, 7) is 3.70. The largest absolute Gasteiger partial charge is 0.463 e. The van der Waals surface area contributed by atoms with E-state index in [0.29, 0.717) is 55.9 Å². The zero-order valence-electron chi connectivity index (χ0n) is 25.4. The second-order valence-electron chi connectivity index (χ2n) is 13.3. The van der Waals surface area contributed by atoms with Crippen LogP contribution in [-0.4, -0.2) is 92.2 Å². The van der Waals surface area contributed by atoms with Crippen LogP contribution < -0.4 is 20.7 Å². The number of anilines is 2. The van der Waals surface area contributed by atoms with Crippen molar-refractivity contribution in [3.8, 4) is 23.3 Å². The number of benzene rings is 1. The highest BCUT2D eigenvalue weighted by atomic mass is 35.5. The monoisotopic (exact) mass is 649 g/mol. The molecule has 4 fully saturated rings. The predicted octanol–water partition coefficient (Wildman–Crippen LogP) is 3.75. The number of nitrogens with zero attached hydrogens (tertiary/aromatic N) is 9. The average molecular weight is 650 g/mol. The molecular formula is C31H34ClF2N11O. The molecule has 0 spiro atoms. The second kappa shape index (κ2) is 11.1. The van der Waals surface area contributed by atoms with E-state index in [9.17, 15) is 9.65 Å². The number of hydrogen-bond acceptors (Lipinski definition) is 11. The van der Waals surface area contributed by atoms with E-state index >= 15 is 4.39 Å². The van der Waals surface area contributed by atoms with Crippen molar-refractivity contribution in [1.29, 1.82) is 5.26 Å². The fourth-order valence-corrected chi connectivity index (χ4v) is 8.00. The molecular weight excluding hydrogens is 616 g/mol. The summed E-state index contributed by atoms with van der Waals surface area (Å²) in [7, 11) is 1.62. The quantitative estimate of drug-likeness (QED) is 0.302. The number of hydrogen-bond donors (Lipinski definition) is 2. The van der Waals surface area contributed by atoms with Crippen LogP contribution in [0.5, 0.6) is 6.01 Å². The van der Waals surface area contributed by atoms with Crippen molar-refractivity contribution in [3.63, 3.8) is 0 Å². The van der Waals surface area contributed by atoms with Crippen LogP contribution in [0.15, 0.2) is 6.07 Å². The molecule has 240 valence electrons. The van der Waals surface area contributed by atoms with E-state index in [-0.39, 0.29) is 55.9 Å². The number of nitrogens with two attached hydrogens (primary N) is 1. The van der Waals surface area contributed by atoms with Gasteiger partial charge < -0.3 is 20.7 Å². The Labute approximate surface area is 268 Å². The lowest BCUT2D eigenvalue weighted by molar-refractivity contribution is 0.0196. The third kappa shape index (κ3) is 4.96. The van der Waals surface area contributed by atoms with Gasteiger partial charge >= 0.3 is 6.01 Å². The first kappa shape index (κ1) is 29.5. The molecule has 2 unspecified atom stereocenters. The highest BCUT2D eigenvalue weighted by Gasteiger charge is 2.41. The molecule has 4 aliphatic rings. The van der Waals surface area contributed by atoms with Crippen molar-refractivity contribution in [1.82, 2.24) is 39.9 Å². The van der Waals surface area contributed by atoms with Crippen molar-refractivity contribution in [3.05, 3.63) is 22.6 Å². The number of aromatic nitrogens is 6. The summed E-state index contributed by atoms with van der Waals surface area (Å²) in [5.74, 6) is -0.289. The van der Waals surface area contributed by atoms with Crippen LogP contribution in [0.25, 0.3) is 33.2 Å². The van der Waals surface area contributed by atoms with Crippen LogP contribution >= 0.6 is 11.6 Å². The van der Waals surface area contributed by atoms with Gasteiger partial charge in [-0.25, -0.2) is 18.4 Å². The Morgan fingerprint density at radius 1 is 1.15 bits per heavy atom.